The van der Waals surface area contributed by atoms with Crippen LogP contribution in [0.1, 0.15) is 33.6 Å². The second kappa shape index (κ2) is 8.52. The van der Waals surface area contributed by atoms with Gasteiger partial charge in [0.1, 0.15) is 11.2 Å². The number of benzene rings is 1. The lowest BCUT2D eigenvalue weighted by atomic mass is 9.89. The molecule has 0 atom stereocenters. The number of halogens is 1. The normalized spacial score (nSPS) is 15.1. The molecule has 1 aliphatic heterocycles. The van der Waals surface area contributed by atoms with Crippen molar-refractivity contribution in [1.82, 2.24) is 9.80 Å². The fourth-order valence-corrected chi connectivity index (χ4v) is 3.32. The van der Waals surface area contributed by atoms with Crippen LogP contribution in [0.3, 0.4) is 0 Å². The van der Waals surface area contributed by atoms with Crippen molar-refractivity contribution in [2.75, 3.05) is 44.7 Å². The summed E-state index contributed by atoms with van der Waals surface area (Å²) >= 11 is 0. The maximum Gasteiger partial charge on any atom is 0.237 e. The van der Waals surface area contributed by atoms with Crippen LogP contribution in [0.2, 0.25) is 0 Å². The van der Waals surface area contributed by atoms with Crippen LogP contribution in [0.15, 0.2) is 24.3 Å². The minimum atomic E-state index is -1.08. The van der Waals surface area contributed by atoms with Crippen molar-refractivity contribution in [3.63, 3.8) is 0 Å². The molecule has 0 aliphatic carbocycles. The van der Waals surface area contributed by atoms with Gasteiger partial charge in [0.25, 0.3) is 0 Å². The van der Waals surface area contributed by atoms with Gasteiger partial charge in [0.05, 0.1) is 5.69 Å². The number of piperazine rings is 1. The van der Waals surface area contributed by atoms with E-state index >= 15 is 0 Å². The van der Waals surface area contributed by atoms with E-state index in [1.807, 2.05) is 11.0 Å². The summed E-state index contributed by atoms with van der Waals surface area (Å²) in [6.07, 6.45) is 1.93. The maximum atomic E-state index is 13.9. The molecule has 0 radical (unpaired) electrons. The van der Waals surface area contributed by atoms with E-state index in [1.54, 1.807) is 42.8 Å². The molecule has 1 saturated heterocycles. The molecule has 1 heterocycles. The lowest BCUT2D eigenvalue weighted by Gasteiger charge is -2.39. The number of carbonyl (C=O) groups excluding carboxylic acids is 2. The monoisotopic (exact) mass is 363 g/mol. The standard InChI is InChI=1S/C20H30FN3O2/c1-5-6-11-22(4)18(25)20(2,3)19(26)24-14-12-23(13-15-24)17-10-8-7-9-16(17)21/h7-10H,5-6,11-15H2,1-4H3. The zero-order valence-corrected chi connectivity index (χ0v) is 16.3. The molecule has 1 aromatic carbocycles. The van der Waals surface area contributed by atoms with Crippen molar-refractivity contribution in [2.24, 2.45) is 5.41 Å². The zero-order chi connectivity index (χ0) is 19.3. The van der Waals surface area contributed by atoms with Crippen LogP contribution in [0.25, 0.3) is 0 Å². The highest BCUT2D eigenvalue weighted by Crippen LogP contribution is 2.25. The van der Waals surface area contributed by atoms with Crippen LogP contribution < -0.4 is 4.90 Å². The fraction of sp³-hybridized carbons (Fsp3) is 0.600. The first-order valence-corrected chi connectivity index (χ1v) is 9.33. The number of anilines is 1. The predicted molar refractivity (Wildman–Crippen MR) is 102 cm³/mol. The average molecular weight is 363 g/mol. The van der Waals surface area contributed by atoms with Gasteiger partial charge < -0.3 is 14.7 Å². The fourth-order valence-electron chi connectivity index (χ4n) is 3.32. The molecular formula is C20H30FN3O2. The molecule has 5 nitrogen and oxygen atoms in total. The Bertz CT molecular complexity index is 640. The first-order valence-electron chi connectivity index (χ1n) is 9.33. The summed E-state index contributed by atoms with van der Waals surface area (Å²) in [5.41, 5.74) is -0.517. The van der Waals surface area contributed by atoms with Gasteiger partial charge in [-0.3, -0.25) is 9.59 Å². The van der Waals surface area contributed by atoms with Crippen molar-refractivity contribution in [2.45, 2.75) is 33.6 Å². The van der Waals surface area contributed by atoms with E-state index in [0.717, 1.165) is 12.8 Å². The third-order valence-corrected chi connectivity index (χ3v) is 5.02. The lowest BCUT2D eigenvalue weighted by Crippen LogP contribution is -2.55. The van der Waals surface area contributed by atoms with Crippen LogP contribution >= 0.6 is 0 Å². The lowest BCUT2D eigenvalue weighted by molar-refractivity contribution is -0.153. The highest BCUT2D eigenvalue weighted by molar-refractivity contribution is 6.04. The Morgan fingerprint density at radius 3 is 2.35 bits per heavy atom. The summed E-state index contributed by atoms with van der Waals surface area (Å²) in [5.74, 6) is -0.549. The molecule has 0 N–H and O–H groups in total. The molecule has 1 aliphatic rings. The predicted octanol–water partition coefficient (Wildman–Crippen LogP) is 2.76. The summed E-state index contributed by atoms with van der Waals surface area (Å²) in [7, 11) is 1.75. The molecule has 0 bridgehead atoms. The van der Waals surface area contributed by atoms with Gasteiger partial charge in [-0.15, -0.1) is 0 Å². The SMILES string of the molecule is CCCCN(C)C(=O)C(C)(C)C(=O)N1CCN(c2ccccc2F)CC1. The van der Waals surface area contributed by atoms with Crippen molar-refractivity contribution in [3.05, 3.63) is 30.1 Å². The molecule has 0 spiro atoms. The number of nitrogens with zero attached hydrogens (tertiary/aromatic N) is 3. The highest BCUT2D eigenvalue weighted by atomic mass is 19.1. The molecule has 26 heavy (non-hydrogen) atoms. The minimum absolute atomic E-state index is 0.146. The van der Waals surface area contributed by atoms with Crippen LogP contribution in [0.4, 0.5) is 10.1 Å². The van der Waals surface area contributed by atoms with Crippen LogP contribution in [0.5, 0.6) is 0 Å². The van der Waals surface area contributed by atoms with Gasteiger partial charge in [0.15, 0.2) is 0 Å². The molecule has 2 amide bonds. The molecule has 144 valence electrons. The van der Waals surface area contributed by atoms with Crippen molar-refractivity contribution in [3.8, 4) is 0 Å². The molecule has 0 saturated carbocycles. The second-order valence-corrected chi connectivity index (χ2v) is 7.44. The van der Waals surface area contributed by atoms with E-state index in [1.165, 1.54) is 6.07 Å². The third kappa shape index (κ3) is 4.34. The van der Waals surface area contributed by atoms with E-state index in [2.05, 4.69) is 6.92 Å². The Kier molecular flexibility index (Phi) is 6.62. The van der Waals surface area contributed by atoms with Gasteiger partial charge in [-0.25, -0.2) is 4.39 Å². The number of para-hydroxylation sites is 1. The average Bonchev–Trinajstić information content (AvgIpc) is 2.65. The number of amides is 2. The van der Waals surface area contributed by atoms with E-state index in [0.29, 0.717) is 38.4 Å². The molecule has 2 rings (SSSR count). The number of hydrogen-bond donors (Lipinski definition) is 0. The molecule has 0 unspecified atom stereocenters. The van der Waals surface area contributed by atoms with E-state index in [9.17, 15) is 14.0 Å². The first kappa shape index (κ1) is 20.2. The summed E-state index contributed by atoms with van der Waals surface area (Å²) < 4.78 is 13.9. The summed E-state index contributed by atoms with van der Waals surface area (Å²) in [4.78, 5) is 31.0. The minimum Gasteiger partial charge on any atom is -0.366 e. The smallest absolute Gasteiger partial charge is 0.237 e. The largest absolute Gasteiger partial charge is 0.366 e. The van der Waals surface area contributed by atoms with Gasteiger partial charge in [0.2, 0.25) is 11.8 Å². The molecule has 6 heteroatoms. The quantitative estimate of drug-likeness (QED) is 0.730. The molecule has 1 aromatic rings. The second-order valence-electron chi connectivity index (χ2n) is 7.44. The Labute approximate surface area is 155 Å². The van der Waals surface area contributed by atoms with E-state index in [4.69, 9.17) is 0 Å². The zero-order valence-electron chi connectivity index (χ0n) is 16.3. The Hall–Kier alpha value is -2.11. The van der Waals surface area contributed by atoms with Crippen molar-refractivity contribution < 1.29 is 14.0 Å². The van der Waals surface area contributed by atoms with Gasteiger partial charge in [0, 0.05) is 39.8 Å². The Morgan fingerprint density at radius 1 is 1.15 bits per heavy atom. The number of rotatable bonds is 6. The van der Waals surface area contributed by atoms with Crippen LogP contribution in [-0.2, 0) is 9.59 Å². The van der Waals surface area contributed by atoms with Crippen molar-refractivity contribution in [1.29, 1.82) is 0 Å². The van der Waals surface area contributed by atoms with E-state index < -0.39 is 5.41 Å². The summed E-state index contributed by atoms with van der Waals surface area (Å²) in [5, 5.41) is 0. The molecular weight excluding hydrogens is 333 g/mol. The maximum absolute atomic E-state index is 13.9. The van der Waals surface area contributed by atoms with Gasteiger partial charge >= 0.3 is 0 Å². The third-order valence-electron chi connectivity index (χ3n) is 5.02. The van der Waals surface area contributed by atoms with Crippen LogP contribution in [0, 0.1) is 11.2 Å². The summed E-state index contributed by atoms with van der Waals surface area (Å²) in [6.45, 7) is 8.22. The Morgan fingerprint density at radius 2 is 1.77 bits per heavy atom. The van der Waals surface area contributed by atoms with Crippen molar-refractivity contribution >= 4 is 17.5 Å². The van der Waals surface area contributed by atoms with Crippen LogP contribution in [-0.4, -0.2) is 61.4 Å². The number of hydrogen-bond acceptors (Lipinski definition) is 3. The number of unbranched alkanes of at least 4 members (excludes halogenated alkanes) is 1. The first-order chi connectivity index (χ1) is 12.3. The number of carbonyl (C=O) groups is 2. The van der Waals surface area contributed by atoms with Gasteiger partial charge in [-0.1, -0.05) is 25.5 Å². The molecule has 1 fully saturated rings. The van der Waals surface area contributed by atoms with E-state index in [-0.39, 0.29) is 17.6 Å². The molecule has 0 aromatic heterocycles. The topological polar surface area (TPSA) is 43.9 Å². The van der Waals surface area contributed by atoms with Gasteiger partial charge in [-0.2, -0.15) is 0 Å². The Balaban J connectivity index is 1.98. The highest BCUT2D eigenvalue weighted by Gasteiger charge is 2.41. The summed E-state index contributed by atoms with van der Waals surface area (Å²) in [6, 6.07) is 6.68. The van der Waals surface area contributed by atoms with Gasteiger partial charge in [-0.05, 0) is 32.4 Å².